The number of nitrogens with zero attached hydrogens (tertiary/aromatic N) is 1. The largest absolute Gasteiger partial charge is 0.481 e. The van der Waals surface area contributed by atoms with Crippen molar-refractivity contribution in [3.63, 3.8) is 0 Å². The summed E-state index contributed by atoms with van der Waals surface area (Å²) >= 11 is 0. The number of ether oxygens (including phenoxy) is 1. The Hall–Kier alpha value is -1.14. The summed E-state index contributed by atoms with van der Waals surface area (Å²) in [5, 5.41) is 16.3. The number of hydrogen-bond acceptors (Lipinski definition) is 4. The molecule has 6 heteroatoms. The Morgan fingerprint density at radius 2 is 1.71 bits per heavy atom. The van der Waals surface area contributed by atoms with Gasteiger partial charge in [0.2, 0.25) is 0 Å². The van der Waals surface area contributed by atoms with Crippen LogP contribution in [0.5, 0.6) is 0 Å². The van der Waals surface area contributed by atoms with Crippen LogP contribution in [-0.4, -0.2) is 59.4 Å². The highest BCUT2D eigenvalue weighted by Crippen LogP contribution is 2.06. The van der Waals surface area contributed by atoms with Crippen LogP contribution in [0.25, 0.3) is 0 Å². The minimum atomic E-state index is -0.745. The van der Waals surface area contributed by atoms with E-state index in [1.54, 1.807) is 6.92 Å². The maximum absolute atomic E-state index is 10.4. The monoisotopic (exact) mass is 247 g/mol. The first-order chi connectivity index (χ1) is 7.97. The van der Waals surface area contributed by atoms with Gasteiger partial charge in [0.1, 0.15) is 0 Å². The average molecular weight is 247 g/mol. The quantitative estimate of drug-likeness (QED) is 0.759. The number of morpholine rings is 1. The second-order valence-electron chi connectivity index (χ2n) is 3.84. The zero-order valence-electron chi connectivity index (χ0n) is 10.4. The van der Waals surface area contributed by atoms with E-state index in [4.69, 9.17) is 14.9 Å². The van der Waals surface area contributed by atoms with Gasteiger partial charge in [-0.05, 0) is 6.92 Å². The van der Waals surface area contributed by atoms with Gasteiger partial charge in [0.05, 0.1) is 19.6 Å². The summed E-state index contributed by atoms with van der Waals surface area (Å²) in [4.78, 5) is 21.9. The third-order valence-electron chi connectivity index (χ3n) is 2.44. The fraction of sp³-hybridized carbons (Fsp3) is 0.818. The number of carboxylic acids is 2. The van der Waals surface area contributed by atoms with Crippen LogP contribution in [0.4, 0.5) is 0 Å². The SMILES string of the molecule is CC(CC(=O)O)N1CCOCC1.CCC(=O)O. The molecule has 0 aliphatic carbocycles. The first-order valence-electron chi connectivity index (χ1n) is 5.72. The molecule has 0 aromatic heterocycles. The summed E-state index contributed by atoms with van der Waals surface area (Å²) in [6.07, 6.45) is 0.444. The topological polar surface area (TPSA) is 87.1 Å². The molecule has 2 N–H and O–H groups in total. The molecule has 1 unspecified atom stereocenters. The predicted molar refractivity (Wildman–Crippen MR) is 62.0 cm³/mol. The Bertz CT molecular complexity index is 238. The van der Waals surface area contributed by atoms with Gasteiger partial charge in [-0.1, -0.05) is 6.92 Å². The number of aliphatic carboxylic acids is 2. The molecule has 17 heavy (non-hydrogen) atoms. The van der Waals surface area contributed by atoms with Crippen molar-refractivity contribution in [3.8, 4) is 0 Å². The van der Waals surface area contributed by atoms with E-state index in [-0.39, 0.29) is 18.9 Å². The van der Waals surface area contributed by atoms with Crippen molar-refractivity contribution in [2.24, 2.45) is 0 Å². The van der Waals surface area contributed by atoms with Gasteiger partial charge in [0.25, 0.3) is 0 Å². The molecule has 1 heterocycles. The highest BCUT2D eigenvalue weighted by atomic mass is 16.5. The molecular weight excluding hydrogens is 226 g/mol. The van der Waals surface area contributed by atoms with Crippen LogP contribution in [0, 0.1) is 0 Å². The molecule has 0 amide bonds. The summed E-state index contributed by atoms with van der Waals surface area (Å²) in [5.41, 5.74) is 0. The van der Waals surface area contributed by atoms with E-state index in [1.165, 1.54) is 0 Å². The molecular formula is C11H21NO5. The lowest BCUT2D eigenvalue weighted by atomic mass is 10.2. The predicted octanol–water partition coefficient (Wildman–Crippen LogP) is 0.663. The Labute approximate surface area is 101 Å². The van der Waals surface area contributed by atoms with E-state index in [1.807, 2.05) is 6.92 Å². The van der Waals surface area contributed by atoms with Crippen LogP contribution in [-0.2, 0) is 14.3 Å². The fourth-order valence-corrected chi connectivity index (χ4v) is 1.40. The number of hydrogen-bond donors (Lipinski definition) is 2. The molecule has 0 aromatic carbocycles. The van der Waals surface area contributed by atoms with Crippen molar-refractivity contribution in [3.05, 3.63) is 0 Å². The van der Waals surface area contributed by atoms with Crippen molar-refractivity contribution < 1.29 is 24.5 Å². The van der Waals surface area contributed by atoms with E-state index in [9.17, 15) is 9.59 Å². The van der Waals surface area contributed by atoms with Crippen molar-refractivity contribution in [2.45, 2.75) is 32.7 Å². The average Bonchev–Trinajstić information content (AvgIpc) is 2.30. The Morgan fingerprint density at radius 1 is 1.24 bits per heavy atom. The normalized spacial score (nSPS) is 17.8. The molecule has 1 aliphatic heterocycles. The molecule has 0 spiro atoms. The Kier molecular flexibility index (Phi) is 8.35. The number of carboxylic acid groups (broad SMARTS) is 2. The van der Waals surface area contributed by atoms with Crippen molar-refractivity contribution >= 4 is 11.9 Å². The smallest absolute Gasteiger partial charge is 0.304 e. The van der Waals surface area contributed by atoms with Gasteiger partial charge in [0.15, 0.2) is 0 Å². The zero-order chi connectivity index (χ0) is 13.3. The minimum absolute atomic E-state index is 0.131. The van der Waals surface area contributed by atoms with Gasteiger partial charge < -0.3 is 14.9 Å². The van der Waals surface area contributed by atoms with Crippen molar-refractivity contribution in [1.29, 1.82) is 0 Å². The fourth-order valence-electron chi connectivity index (χ4n) is 1.40. The van der Waals surface area contributed by atoms with E-state index >= 15 is 0 Å². The third kappa shape index (κ3) is 8.65. The summed E-state index contributed by atoms with van der Waals surface area (Å²) < 4.78 is 5.17. The first-order valence-corrected chi connectivity index (χ1v) is 5.72. The zero-order valence-corrected chi connectivity index (χ0v) is 10.4. The second kappa shape index (κ2) is 8.95. The Balaban J connectivity index is 0.000000437. The van der Waals surface area contributed by atoms with E-state index in [0.717, 1.165) is 26.3 Å². The molecule has 0 saturated carbocycles. The highest BCUT2D eigenvalue weighted by molar-refractivity contribution is 5.67. The molecule has 0 aromatic rings. The van der Waals surface area contributed by atoms with Crippen molar-refractivity contribution in [1.82, 2.24) is 4.90 Å². The van der Waals surface area contributed by atoms with Gasteiger partial charge in [-0.25, -0.2) is 0 Å². The van der Waals surface area contributed by atoms with Gasteiger partial charge in [-0.2, -0.15) is 0 Å². The molecule has 1 atom stereocenters. The van der Waals surface area contributed by atoms with Crippen LogP contribution >= 0.6 is 0 Å². The molecule has 6 nitrogen and oxygen atoms in total. The minimum Gasteiger partial charge on any atom is -0.481 e. The molecule has 0 bridgehead atoms. The van der Waals surface area contributed by atoms with Gasteiger partial charge in [-0.15, -0.1) is 0 Å². The maximum atomic E-state index is 10.4. The van der Waals surface area contributed by atoms with Gasteiger partial charge in [0, 0.05) is 25.6 Å². The number of carbonyl (C=O) groups is 2. The Morgan fingerprint density at radius 3 is 2.06 bits per heavy atom. The molecule has 1 aliphatic rings. The maximum Gasteiger partial charge on any atom is 0.304 e. The summed E-state index contributed by atoms with van der Waals surface area (Å²) in [5.74, 6) is -1.47. The van der Waals surface area contributed by atoms with E-state index in [0.29, 0.717) is 0 Å². The van der Waals surface area contributed by atoms with Crippen LogP contribution < -0.4 is 0 Å². The van der Waals surface area contributed by atoms with E-state index in [2.05, 4.69) is 4.90 Å². The lowest BCUT2D eigenvalue weighted by Gasteiger charge is -2.31. The third-order valence-corrected chi connectivity index (χ3v) is 2.44. The van der Waals surface area contributed by atoms with Crippen LogP contribution in [0.1, 0.15) is 26.7 Å². The summed E-state index contributed by atoms with van der Waals surface area (Å²) in [7, 11) is 0. The molecule has 1 rings (SSSR count). The standard InChI is InChI=1S/C8H15NO3.C3H6O2/c1-7(6-8(10)11)9-2-4-12-5-3-9;1-2-3(4)5/h7H,2-6H2,1H3,(H,10,11);2H2,1H3,(H,4,5). The molecule has 0 radical (unpaired) electrons. The van der Waals surface area contributed by atoms with Crippen LogP contribution in [0.3, 0.4) is 0 Å². The summed E-state index contributed by atoms with van der Waals surface area (Å²) in [6.45, 7) is 6.71. The van der Waals surface area contributed by atoms with E-state index < -0.39 is 11.9 Å². The van der Waals surface area contributed by atoms with Crippen molar-refractivity contribution in [2.75, 3.05) is 26.3 Å². The highest BCUT2D eigenvalue weighted by Gasteiger charge is 2.18. The lowest BCUT2D eigenvalue weighted by Crippen LogP contribution is -2.42. The molecule has 1 saturated heterocycles. The van der Waals surface area contributed by atoms with Gasteiger partial charge >= 0.3 is 11.9 Å². The first kappa shape index (κ1) is 15.9. The number of rotatable bonds is 4. The molecule has 1 fully saturated rings. The van der Waals surface area contributed by atoms with Gasteiger partial charge in [-0.3, -0.25) is 14.5 Å². The lowest BCUT2D eigenvalue weighted by molar-refractivity contribution is -0.139. The second-order valence-corrected chi connectivity index (χ2v) is 3.84. The van der Waals surface area contributed by atoms with Crippen LogP contribution in [0.2, 0.25) is 0 Å². The summed E-state index contributed by atoms with van der Waals surface area (Å²) in [6, 6.07) is 0.131. The van der Waals surface area contributed by atoms with Crippen LogP contribution in [0.15, 0.2) is 0 Å². The molecule has 100 valence electrons.